The molecule has 0 bridgehead atoms. The van der Waals surface area contributed by atoms with Gasteiger partial charge >= 0.3 is 19.5 Å². The second-order valence-corrected chi connectivity index (χ2v) is 21.9. The summed E-state index contributed by atoms with van der Waals surface area (Å²) in [6, 6.07) is 0. The predicted octanol–water partition coefficient (Wildman–Crippen LogP) is 10.3. The quantitative estimate of drug-likeness (QED) is 0.202. The number of rotatable bonds is 6. The molecule has 6 saturated carbocycles. The maximum atomic E-state index is 8.25. The van der Waals surface area contributed by atoms with Crippen LogP contribution >= 0.6 is 15.8 Å². The summed E-state index contributed by atoms with van der Waals surface area (Å²) in [6.07, 6.45) is 47.6. The summed E-state index contributed by atoms with van der Waals surface area (Å²) in [5.74, 6) is 0. The molecule has 0 atom stereocenters. The van der Waals surface area contributed by atoms with Crippen molar-refractivity contribution in [3.05, 3.63) is 0 Å². The normalized spacial score (nSPS) is 25.8. The summed E-state index contributed by atoms with van der Waals surface area (Å²) < 4.78 is 0. The second kappa shape index (κ2) is 25.4. The Morgan fingerprint density at radius 3 is 0.488 bits per heavy atom. The summed E-state index contributed by atoms with van der Waals surface area (Å²) in [6.45, 7) is 0. The van der Waals surface area contributed by atoms with Gasteiger partial charge in [0.05, 0.1) is 34.0 Å². The maximum absolute atomic E-state index is 8.25. The minimum atomic E-state index is -0.0465. The average Bonchev–Trinajstić information content (AvgIpc) is 3.10. The summed E-state index contributed by atoms with van der Waals surface area (Å²) in [5, 5.41) is 16.5. The van der Waals surface area contributed by atoms with Gasteiger partial charge in [-0.05, 0) is 154 Å². The maximum Gasteiger partial charge on any atom is 2.00 e. The van der Waals surface area contributed by atoms with E-state index in [1.165, 1.54) is 34.0 Å². The Kier molecular flexibility index (Phi) is 24.0. The van der Waals surface area contributed by atoms with Crippen LogP contribution < -0.4 is 10.2 Å². The van der Waals surface area contributed by atoms with Gasteiger partial charge in [-0.15, -0.1) is 0 Å². The van der Waals surface area contributed by atoms with Crippen LogP contribution in [0.4, 0.5) is 0 Å². The zero-order chi connectivity index (χ0) is 29.8. The zero-order valence-corrected chi connectivity index (χ0v) is 32.6. The zero-order valence-electron chi connectivity index (χ0n) is 28.8. The third-order valence-electron chi connectivity index (χ3n) is 12.5. The molecule has 6 rings (SSSR count). The van der Waals surface area contributed by atoms with Crippen LogP contribution in [-0.2, 0) is 19.5 Å². The van der Waals surface area contributed by atoms with Crippen molar-refractivity contribution in [2.24, 2.45) is 0 Å². The van der Waals surface area contributed by atoms with E-state index in [-0.39, 0.29) is 35.3 Å². The number of hydrogen-bond donors (Lipinski definition) is 0. The molecule has 0 aromatic carbocycles. The van der Waals surface area contributed by atoms with Gasteiger partial charge in [0.1, 0.15) is 0 Å². The Balaban J connectivity index is 0.000000264. The minimum Gasteiger partial charge on any atom is -0.857 e. The van der Waals surface area contributed by atoms with E-state index in [4.69, 9.17) is 10.2 Å². The van der Waals surface area contributed by atoms with E-state index in [1.807, 2.05) is 0 Å². The van der Waals surface area contributed by atoms with Crippen molar-refractivity contribution in [2.75, 3.05) is 14.2 Å². The van der Waals surface area contributed by atoms with Crippen LogP contribution in [0.25, 0.3) is 0 Å². The van der Waals surface area contributed by atoms with E-state index >= 15 is 0 Å². The molecule has 0 aromatic heterocycles. The SMILES string of the molecule is C1CCC([PH+](C2CCCCC2)C2CCCCC2)CC1.C1CCC([PH+](C2CCCCC2)C2CCCCC2)CC1.C[O-].C[O-].[Ru+2]. The van der Waals surface area contributed by atoms with Crippen molar-refractivity contribution in [2.45, 2.75) is 227 Å². The topological polar surface area (TPSA) is 46.1 Å². The molecule has 0 unspecified atom stereocenters. The molecule has 0 aliphatic heterocycles. The van der Waals surface area contributed by atoms with Gasteiger partial charge in [0.25, 0.3) is 0 Å². The largest absolute Gasteiger partial charge is 2.00 e. The number of hydrogen-bond acceptors (Lipinski definition) is 2. The van der Waals surface area contributed by atoms with E-state index in [9.17, 15) is 0 Å². The van der Waals surface area contributed by atoms with Gasteiger partial charge in [0.2, 0.25) is 0 Å². The van der Waals surface area contributed by atoms with Gasteiger partial charge in [0.15, 0.2) is 0 Å². The first-order valence-corrected chi connectivity index (χ1v) is 22.9. The Labute approximate surface area is 285 Å². The Morgan fingerprint density at radius 1 is 0.256 bits per heavy atom. The van der Waals surface area contributed by atoms with Crippen LogP contribution in [-0.4, -0.2) is 48.2 Å². The Hall–Kier alpha value is 1.40. The molecular weight excluding hydrogens is 651 g/mol. The molecule has 0 spiro atoms. The molecule has 43 heavy (non-hydrogen) atoms. The van der Waals surface area contributed by atoms with Crippen LogP contribution in [0.3, 0.4) is 0 Å². The smallest absolute Gasteiger partial charge is 0.857 e. The molecule has 0 radical (unpaired) electrons. The fourth-order valence-electron chi connectivity index (χ4n) is 10.6. The molecule has 0 N–H and O–H groups in total. The van der Waals surface area contributed by atoms with E-state index < -0.39 is 0 Å². The van der Waals surface area contributed by atoms with Crippen molar-refractivity contribution >= 4 is 15.8 Å². The molecule has 2 nitrogen and oxygen atoms in total. The molecule has 254 valence electrons. The van der Waals surface area contributed by atoms with Crippen LogP contribution in [0.5, 0.6) is 0 Å². The first kappa shape index (κ1) is 40.6. The minimum absolute atomic E-state index is 0. The summed E-state index contributed by atoms with van der Waals surface area (Å²) in [4.78, 5) is 0. The van der Waals surface area contributed by atoms with E-state index in [0.29, 0.717) is 0 Å². The molecule has 6 fully saturated rings. The molecule has 6 aliphatic carbocycles. The first-order valence-electron chi connectivity index (χ1n) is 19.4. The van der Waals surface area contributed by atoms with Crippen molar-refractivity contribution in [3.63, 3.8) is 0 Å². The standard InChI is InChI=1S/2C18H33P.2CH3O.Ru/c2*1-4-10-16(11-5-1)19(17-12-6-2-7-13-17)18-14-8-3-9-15-18;2*1-2;/h2*16-18H,1-15H2;2*1H3;/q;;2*-1;+2/p+2. The van der Waals surface area contributed by atoms with Crippen LogP contribution in [0.15, 0.2) is 0 Å². The molecule has 0 heterocycles. The molecule has 6 aliphatic rings. The summed E-state index contributed by atoms with van der Waals surface area (Å²) in [7, 11) is 1.41. The van der Waals surface area contributed by atoms with Gasteiger partial charge in [-0.25, -0.2) is 0 Å². The van der Waals surface area contributed by atoms with Gasteiger partial charge in [-0.2, -0.15) is 14.2 Å². The van der Waals surface area contributed by atoms with Gasteiger partial charge in [-0.3, -0.25) is 0 Å². The van der Waals surface area contributed by atoms with Gasteiger partial charge in [0, 0.05) is 15.8 Å². The van der Waals surface area contributed by atoms with E-state index in [1.54, 1.807) is 193 Å². The van der Waals surface area contributed by atoms with Crippen molar-refractivity contribution in [1.29, 1.82) is 0 Å². The van der Waals surface area contributed by atoms with Gasteiger partial charge in [-0.1, -0.05) is 38.5 Å². The fraction of sp³-hybridized carbons (Fsp3) is 1.00. The van der Waals surface area contributed by atoms with Crippen molar-refractivity contribution < 1.29 is 29.7 Å². The third-order valence-corrected chi connectivity index (χ3v) is 21.6. The molecular formula is C38H74O2P2Ru+2. The molecule has 0 saturated heterocycles. The van der Waals surface area contributed by atoms with Crippen LogP contribution in [0, 0.1) is 0 Å². The van der Waals surface area contributed by atoms with Gasteiger partial charge < -0.3 is 10.2 Å². The van der Waals surface area contributed by atoms with Crippen molar-refractivity contribution in [1.82, 2.24) is 0 Å². The van der Waals surface area contributed by atoms with Crippen molar-refractivity contribution in [3.8, 4) is 0 Å². The molecule has 0 aromatic rings. The molecule has 5 heteroatoms. The van der Waals surface area contributed by atoms with Crippen LogP contribution in [0.1, 0.15) is 193 Å². The third kappa shape index (κ3) is 13.8. The van der Waals surface area contributed by atoms with E-state index in [2.05, 4.69) is 0 Å². The first-order chi connectivity index (χ1) is 20.9. The Bertz CT molecular complexity index is 476. The monoisotopic (exact) mass is 726 g/mol. The summed E-state index contributed by atoms with van der Waals surface area (Å²) >= 11 is 0. The average molecular weight is 726 g/mol. The van der Waals surface area contributed by atoms with Crippen LogP contribution in [0.2, 0.25) is 0 Å². The second-order valence-electron chi connectivity index (χ2n) is 15.0. The fourth-order valence-corrected chi connectivity index (χ4v) is 21.1. The molecule has 0 amide bonds. The van der Waals surface area contributed by atoms with E-state index in [0.717, 1.165) is 14.2 Å². The Morgan fingerprint density at radius 2 is 0.372 bits per heavy atom. The predicted molar refractivity (Wildman–Crippen MR) is 190 cm³/mol. The summed E-state index contributed by atoms with van der Waals surface area (Å²) in [5.41, 5.74) is 7.36.